The fourth-order valence-electron chi connectivity index (χ4n) is 1.37. The molecule has 3 nitrogen and oxygen atoms in total. The van der Waals surface area contributed by atoms with Gasteiger partial charge < -0.3 is 14.7 Å². The van der Waals surface area contributed by atoms with Gasteiger partial charge in [0.2, 0.25) is 0 Å². The quantitative estimate of drug-likeness (QED) is 0.602. The lowest BCUT2D eigenvalue weighted by molar-refractivity contribution is -0.900. The molecule has 92 valence electrons. The highest BCUT2D eigenvalue weighted by atomic mass is 16.5. The van der Waals surface area contributed by atoms with Gasteiger partial charge in [-0.1, -0.05) is 26.7 Å². The molecule has 3 heteroatoms. The Labute approximate surface area is 98.8 Å². The Hall–Kier alpha value is -0.560. The molecular formula is C13H24NO2+. The van der Waals surface area contributed by atoms with E-state index in [-0.39, 0.29) is 5.41 Å². The molecule has 1 heterocycles. The number of morpholine rings is 1. The summed E-state index contributed by atoms with van der Waals surface area (Å²) in [5.41, 5.74) is -1.13. The van der Waals surface area contributed by atoms with Crippen LogP contribution in [0.3, 0.4) is 0 Å². The molecule has 1 saturated heterocycles. The number of ether oxygens (including phenoxy) is 1. The van der Waals surface area contributed by atoms with Crippen molar-refractivity contribution in [3.8, 4) is 11.8 Å². The van der Waals surface area contributed by atoms with E-state index < -0.39 is 5.60 Å². The van der Waals surface area contributed by atoms with Gasteiger partial charge in [0, 0.05) is 5.41 Å². The van der Waals surface area contributed by atoms with Crippen molar-refractivity contribution in [3.63, 3.8) is 0 Å². The summed E-state index contributed by atoms with van der Waals surface area (Å²) in [6.45, 7) is 12.3. The summed E-state index contributed by atoms with van der Waals surface area (Å²) in [6, 6.07) is 0. The Morgan fingerprint density at radius 2 is 1.75 bits per heavy atom. The van der Waals surface area contributed by atoms with E-state index in [9.17, 15) is 5.11 Å². The van der Waals surface area contributed by atoms with Crippen molar-refractivity contribution in [2.45, 2.75) is 33.3 Å². The van der Waals surface area contributed by atoms with Crippen LogP contribution in [-0.4, -0.2) is 43.6 Å². The van der Waals surface area contributed by atoms with E-state index in [2.05, 4.69) is 11.8 Å². The summed E-state index contributed by atoms with van der Waals surface area (Å²) in [5, 5.41) is 10.2. The maximum Gasteiger partial charge on any atom is 0.139 e. The summed E-state index contributed by atoms with van der Waals surface area (Å²) >= 11 is 0. The minimum absolute atomic E-state index is 0.208. The van der Waals surface area contributed by atoms with Crippen molar-refractivity contribution in [1.82, 2.24) is 0 Å². The molecule has 16 heavy (non-hydrogen) atoms. The lowest BCUT2D eigenvalue weighted by Crippen LogP contribution is -3.14. The van der Waals surface area contributed by atoms with E-state index in [1.165, 1.54) is 4.90 Å². The third-order valence-corrected chi connectivity index (χ3v) is 3.33. The van der Waals surface area contributed by atoms with Gasteiger partial charge in [-0.3, -0.25) is 0 Å². The van der Waals surface area contributed by atoms with Crippen molar-refractivity contribution < 1.29 is 14.7 Å². The first-order valence-corrected chi connectivity index (χ1v) is 5.97. The molecule has 1 unspecified atom stereocenters. The van der Waals surface area contributed by atoms with Gasteiger partial charge in [-0.15, -0.1) is 0 Å². The molecule has 0 aromatic rings. The van der Waals surface area contributed by atoms with Gasteiger partial charge in [-0.2, -0.15) is 0 Å². The molecule has 2 N–H and O–H groups in total. The number of aliphatic hydroxyl groups is 1. The third-order valence-electron chi connectivity index (χ3n) is 3.33. The molecule has 0 aliphatic carbocycles. The fourth-order valence-corrected chi connectivity index (χ4v) is 1.37. The smallest absolute Gasteiger partial charge is 0.139 e. The van der Waals surface area contributed by atoms with Gasteiger partial charge in [-0.05, 0) is 12.8 Å². The predicted octanol–water partition coefficient (Wildman–Crippen LogP) is -0.298. The zero-order chi connectivity index (χ0) is 12.2. The van der Waals surface area contributed by atoms with Crippen LogP contribution < -0.4 is 4.90 Å². The van der Waals surface area contributed by atoms with Crippen LogP contribution in [0, 0.1) is 17.3 Å². The van der Waals surface area contributed by atoms with Crippen LogP contribution in [0.2, 0.25) is 0 Å². The zero-order valence-electron chi connectivity index (χ0n) is 10.9. The highest BCUT2D eigenvalue weighted by Gasteiger charge is 2.33. The van der Waals surface area contributed by atoms with E-state index in [0.717, 1.165) is 32.8 Å². The summed E-state index contributed by atoms with van der Waals surface area (Å²) in [4.78, 5) is 1.45. The first-order valence-electron chi connectivity index (χ1n) is 5.97. The Balaban J connectivity index is 2.47. The third kappa shape index (κ3) is 3.79. The first-order chi connectivity index (χ1) is 7.33. The average Bonchev–Trinajstić information content (AvgIpc) is 2.17. The second-order valence-electron chi connectivity index (χ2n) is 5.66. The van der Waals surface area contributed by atoms with Crippen LogP contribution in [0.5, 0.6) is 0 Å². The molecule has 0 radical (unpaired) electrons. The van der Waals surface area contributed by atoms with Crippen LogP contribution in [0.25, 0.3) is 0 Å². The predicted molar refractivity (Wildman–Crippen MR) is 64.2 cm³/mol. The van der Waals surface area contributed by atoms with Crippen LogP contribution in [0.15, 0.2) is 0 Å². The lowest BCUT2D eigenvalue weighted by Gasteiger charge is -2.32. The number of hydrogen-bond acceptors (Lipinski definition) is 2. The van der Waals surface area contributed by atoms with E-state index in [1.807, 2.05) is 20.8 Å². The van der Waals surface area contributed by atoms with E-state index in [1.54, 1.807) is 6.92 Å². The summed E-state index contributed by atoms with van der Waals surface area (Å²) in [5.74, 6) is 6.10. The maximum absolute atomic E-state index is 10.2. The maximum atomic E-state index is 10.2. The minimum Gasteiger partial charge on any atom is -0.377 e. The summed E-state index contributed by atoms with van der Waals surface area (Å²) in [7, 11) is 0. The summed E-state index contributed by atoms with van der Waals surface area (Å²) in [6.07, 6.45) is 0. The van der Waals surface area contributed by atoms with Crippen LogP contribution in [0.4, 0.5) is 0 Å². The van der Waals surface area contributed by atoms with Gasteiger partial charge in [0.15, 0.2) is 0 Å². The zero-order valence-corrected chi connectivity index (χ0v) is 10.9. The molecule has 1 rings (SSSR count). The summed E-state index contributed by atoms with van der Waals surface area (Å²) < 4.78 is 5.28. The number of nitrogens with one attached hydrogen (secondary N) is 1. The molecule has 1 atom stereocenters. The van der Waals surface area contributed by atoms with E-state index in [4.69, 9.17) is 4.74 Å². The fraction of sp³-hybridized carbons (Fsp3) is 0.846. The van der Waals surface area contributed by atoms with Crippen molar-refractivity contribution >= 4 is 0 Å². The number of rotatable bonds is 1. The van der Waals surface area contributed by atoms with Crippen molar-refractivity contribution in [2.24, 2.45) is 5.41 Å². The molecule has 0 bridgehead atoms. The Kier molecular flexibility index (Phi) is 4.37. The largest absolute Gasteiger partial charge is 0.377 e. The molecule has 1 aliphatic heterocycles. The molecule has 0 amide bonds. The van der Waals surface area contributed by atoms with Gasteiger partial charge in [-0.25, -0.2) is 0 Å². The minimum atomic E-state index is -0.918. The molecule has 0 spiro atoms. The van der Waals surface area contributed by atoms with Gasteiger partial charge >= 0.3 is 0 Å². The topological polar surface area (TPSA) is 33.9 Å². The molecule has 0 aromatic carbocycles. The molecule has 1 fully saturated rings. The Morgan fingerprint density at radius 1 is 1.19 bits per heavy atom. The van der Waals surface area contributed by atoms with Crippen molar-refractivity contribution in [2.75, 3.05) is 32.8 Å². The Bertz CT molecular complexity index is 275. The second kappa shape index (κ2) is 5.18. The first kappa shape index (κ1) is 13.5. The van der Waals surface area contributed by atoms with Crippen LogP contribution >= 0.6 is 0 Å². The van der Waals surface area contributed by atoms with Crippen LogP contribution in [0.1, 0.15) is 27.7 Å². The Morgan fingerprint density at radius 3 is 2.25 bits per heavy atom. The SMILES string of the molecule is CC(C)(C)C(C)(O)C#CC[NH+]1CCOCC1. The highest BCUT2D eigenvalue weighted by molar-refractivity contribution is 5.16. The van der Waals surface area contributed by atoms with Crippen molar-refractivity contribution in [3.05, 3.63) is 0 Å². The van der Waals surface area contributed by atoms with Gasteiger partial charge in [0.25, 0.3) is 0 Å². The van der Waals surface area contributed by atoms with Crippen molar-refractivity contribution in [1.29, 1.82) is 0 Å². The van der Waals surface area contributed by atoms with Gasteiger partial charge in [0.05, 0.1) is 13.2 Å². The standard InChI is InChI=1S/C13H23NO2/c1-12(2,3)13(4,15)6-5-7-14-8-10-16-11-9-14/h15H,7-11H2,1-4H3/p+1. The van der Waals surface area contributed by atoms with Crippen LogP contribution in [-0.2, 0) is 4.74 Å². The molecule has 0 aromatic heterocycles. The van der Waals surface area contributed by atoms with E-state index >= 15 is 0 Å². The highest BCUT2D eigenvalue weighted by Crippen LogP contribution is 2.28. The molecular weight excluding hydrogens is 202 g/mol. The van der Waals surface area contributed by atoms with E-state index in [0.29, 0.717) is 0 Å². The normalized spacial score (nSPS) is 22.1. The molecule has 0 saturated carbocycles. The number of hydrogen-bond donors (Lipinski definition) is 2. The average molecular weight is 226 g/mol. The molecule has 1 aliphatic rings. The second-order valence-corrected chi connectivity index (χ2v) is 5.66. The van der Waals surface area contributed by atoms with Gasteiger partial charge in [0.1, 0.15) is 25.2 Å². The lowest BCUT2D eigenvalue weighted by atomic mass is 9.78. The number of quaternary nitrogens is 1. The monoisotopic (exact) mass is 226 g/mol.